The Labute approximate surface area is 147 Å². The third-order valence-electron chi connectivity index (χ3n) is 4.31. The van der Waals surface area contributed by atoms with E-state index >= 15 is 0 Å². The van der Waals surface area contributed by atoms with Crippen molar-refractivity contribution in [1.82, 2.24) is 5.32 Å². The minimum atomic E-state index is -0.367. The predicted molar refractivity (Wildman–Crippen MR) is 95.5 cm³/mol. The highest BCUT2D eigenvalue weighted by molar-refractivity contribution is 5.94. The summed E-state index contributed by atoms with van der Waals surface area (Å²) in [5.74, 6) is 2.02. The molecule has 2 aromatic carbocycles. The predicted octanol–water partition coefficient (Wildman–Crippen LogP) is 3.74. The minimum Gasteiger partial charge on any atom is -0.497 e. The Morgan fingerprint density at radius 2 is 1.84 bits per heavy atom. The molecule has 0 radical (unpaired) electrons. The number of amides is 1. The van der Waals surface area contributed by atoms with E-state index in [-0.39, 0.29) is 17.6 Å². The maximum Gasteiger partial charge on any atom is 0.251 e. The fraction of sp³-hybridized carbons (Fsp3) is 0.350. The van der Waals surface area contributed by atoms with Crippen LogP contribution in [0.1, 0.15) is 42.2 Å². The Morgan fingerprint density at radius 1 is 1.12 bits per heavy atom. The van der Waals surface area contributed by atoms with Gasteiger partial charge in [-0.25, -0.2) is 0 Å². The fourth-order valence-electron chi connectivity index (χ4n) is 3.09. The van der Waals surface area contributed by atoms with E-state index in [1.165, 1.54) is 0 Å². The molecule has 2 aromatic rings. The van der Waals surface area contributed by atoms with Gasteiger partial charge >= 0.3 is 0 Å². The van der Waals surface area contributed by atoms with Crippen molar-refractivity contribution in [3.63, 3.8) is 0 Å². The molecule has 1 aliphatic rings. The van der Waals surface area contributed by atoms with Gasteiger partial charge in [-0.15, -0.1) is 0 Å². The van der Waals surface area contributed by atoms with Crippen molar-refractivity contribution >= 4 is 5.91 Å². The van der Waals surface area contributed by atoms with Gasteiger partial charge in [0.2, 0.25) is 0 Å². The van der Waals surface area contributed by atoms with Crippen molar-refractivity contribution in [2.24, 2.45) is 0 Å². The lowest BCUT2D eigenvalue weighted by Gasteiger charge is -2.38. The van der Waals surface area contributed by atoms with Crippen molar-refractivity contribution in [3.05, 3.63) is 53.6 Å². The Kier molecular flexibility index (Phi) is 4.57. The van der Waals surface area contributed by atoms with Crippen LogP contribution < -0.4 is 19.5 Å². The quantitative estimate of drug-likeness (QED) is 0.920. The molecule has 0 fully saturated rings. The summed E-state index contributed by atoms with van der Waals surface area (Å²) < 4.78 is 16.6. The first-order valence-corrected chi connectivity index (χ1v) is 8.24. The van der Waals surface area contributed by atoms with E-state index in [2.05, 4.69) is 5.32 Å². The largest absolute Gasteiger partial charge is 0.497 e. The lowest BCUT2D eigenvalue weighted by atomic mass is 9.89. The van der Waals surface area contributed by atoms with Gasteiger partial charge in [0.1, 0.15) is 22.8 Å². The van der Waals surface area contributed by atoms with Crippen LogP contribution in [0.25, 0.3) is 0 Å². The lowest BCUT2D eigenvalue weighted by Crippen LogP contribution is -2.41. The number of nitrogens with one attached hydrogen (secondary N) is 1. The second-order valence-corrected chi connectivity index (χ2v) is 6.73. The van der Waals surface area contributed by atoms with E-state index in [4.69, 9.17) is 14.2 Å². The van der Waals surface area contributed by atoms with Crippen molar-refractivity contribution in [2.45, 2.75) is 31.9 Å². The Balaban J connectivity index is 1.89. The number of hydrogen-bond donors (Lipinski definition) is 1. The molecule has 1 atom stereocenters. The molecule has 1 N–H and O–H groups in total. The van der Waals surface area contributed by atoms with Crippen LogP contribution >= 0.6 is 0 Å². The first-order valence-electron chi connectivity index (χ1n) is 8.24. The molecule has 0 aliphatic carbocycles. The van der Waals surface area contributed by atoms with Gasteiger partial charge in [-0.2, -0.15) is 0 Å². The number of carbonyl (C=O) groups is 1. The van der Waals surface area contributed by atoms with E-state index in [0.717, 1.165) is 17.1 Å². The molecule has 5 nitrogen and oxygen atoms in total. The van der Waals surface area contributed by atoms with E-state index in [1.807, 2.05) is 38.1 Å². The van der Waals surface area contributed by atoms with E-state index < -0.39 is 0 Å². The molecule has 0 spiro atoms. The van der Waals surface area contributed by atoms with Crippen LogP contribution in [0.2, 0.25) is 0 Å². The molecule has 1 aliphatic heterocycles. The van der Waals surface area contributed by atoms with Crippen LogP contribution in [0, 0.1) is 0 Å². The second-order valence-electron chi connectivity index (χ2n) is 6.73. The number of hydrogen-bond acceptors (Lipinski definition) is 4. The number of methoxy groups -OCH3 is 2. The third-order valence-corrected chi connectivity index (χ3v) is 4.31. The highest BCUT2D eigenvalue weighted by Gasteiger charge is 2.35. The van der Waals surface area contributed by atoms with Crippen LogP contribution in [0.15, 0.2) is 42.5 Å². The Morgan fingerprint density at radius 3 is 2.56 bits per heavy atom. The van der Waals surface area contributed by atoms with Crippen molar-refractivity contribution in [3.8, 4) is 17.2 Å². The smallest absolute Gasteiger partial charge is 0.251 e. The van der Waals surface area contributed by atoms with Gasteiger partial charge in [0, 0.05) is 17.5 Å². The standard InChI is InChI=1S/C20H23NO4/c1-20(2)12-17(16-11-15(24-4)8-9-18(16)25-20)21-19(22)13-6-5-7-14(10-13)23-3/h5-11,17H,12H2,1-4H3,(H,21,22)/t17-/m1/s1. The number of carbonyl (C=O) groups excluding carboxylic acids is 1. The van der Waals surface area contributed by atoms with E-state index in [1.54, 1.807) is 32.4 Å². The zero-order chi connectivity index (χ0) is 18.0. The first-order chi connectivity index (χ1) is 11.9. The third kappa shape index (κ3) is 3.71. The van der Waals surface area contributed by atoms with Crippen LogP contribution in [-0.4, -0.2) is 25.7 Å². The summed E-state index contributed by atoms with van der Waals surface area (Å²) in [4.78, 5) is 12.7. The summed E-state index contributed by atoms with van der Waals surface area (Å²) in [6.07, 6.45) is 0.670. The van der Waals surface area contributed by atoms with Crippen LogP contribution in [0.3, 0.4) is 0 Å². The van der Waals surface area contributed by atoms with Crippen molar-refractivity contribution in [2.75, 3.05) is 14.2 Å². The van der Waals surface area contributed by atoms with Gasteiger partial charge < -0.3 is 19.5 Å². The molecule has 1 amide bonds. The normalized spacial score (nSPS) is 17.8. The average molecular weight is 341 g/mol. The number of rotatable bonds is 4. The first kappa shape index (κ1) is 17.1. The van der Waals surface area contributed by atoms with Crippen LogP contribution in [-0.2, 0) is 0 Å². The van der Waals surface area contributed by atoms with Gasteiger partial charge in [-0.1, -0.05) is 6.07 Å². The zero-order valence-corrected chi connectivity index (χ0v) is 15.0. The van der Waals surface area contributed by atoms with E-state index in [9.17, 15) is 4.79 Å². The molecule has 0 saturated heterocycles. The van der Waals surface area contributed by atoms with Crippen LogP contribution in [0.4, 0.5) is 0 Å². The van der Waals surface area contributed by atoms with Crippen LogP contribution in [0.5, 0.6) is 17.2 Å². The van der Waals surface area contributed by atoms with Gasteiger partial charge in [-0.3, -0.25) is 4.79 Å². The SMILES string of the molecule is COc1cccc(C(=O)N[C@@H]2CC(C)(C)Oc3ccc(OC)cc32)c1. The topological polar surface area (TPSA) is 56.8 Å². The summed E-state index contributed by atoms with van der Waals surface area (Å²) >= 11 is 0. The number of ether oxygens (including phenoxy) is 3. The maximum absolute atomic E-state index is 12.7. The molecule has 1 heterocycles. The number of benzene rings is 2. The van der Waals surface area contributed by atoms with Gasteiger partial charge in [0.05, 0.1) is 20.3 Å². The summed E-state index contributed by atoms with van der Waals surface area (Å²) in [5, 5.41) is 3.12. The molecular weight excluding hydrogens is 318 g/mol. The van der Waals surface area contributed by atoms with Gasteiger partial charge in [-0.05, 0) is 50.2 Å². The molecule has 0 bridgehead atoms. The lowest BCUT2D eigenvalue weighted by molar-refractivity contribution is 0.0618. The van der Waals surface area contributed by atoms with Crippen molar-refractivity contribution in [1.29, 1.82) is 0 Å². The zero-order valence-electron chi connectivity index (χ0n) is 15.0. The summed E-state index contributed by atoms with van der Waals surface area (Å²) in [5.41, 5.74) is 1.12. The number of fused-ring (bicyclic) bond motifs is 1. The minimum absolute atomic E-state index is 0.143. The molecule has 132 valence electrons. The van der Waals surface area contributed by atoms with Gasteiger partial charge in [0.15, 0.2) is 0 Å². The molecule has 5 heteroatoms. The highest BCUT2D eigenvalue weighted by atomic mass is 16.5. The van der Waals surface area contributed by atoms with E-state index in [0.29, 0.717) is 17.7 Å². The molecule has 0 saturated carbocycles. The maximum atomic E-state index is 12.7. The molecule has 0 unspecified atom stereocenters. The second kappa shape index (κ2) is 6.67. The molecule has 0 aromatic heterocycles. The highest BCUT2D eigenvalue weighted by Crippen LogP contribution is 2.41. The molecule has 3 rings (SSSR count). The monoisotopic (exact) mass is 341 g/mol. The summed E-state index contributed by atoms with van der Waals surface area (Å²) in [7, 11) is 3.21. The molecular formula is C20H23NO4. The fourth-order valence-corrected chi connectivity index (χ4v) is 3.09. The average Bonchev–Trinajstić information content (AvgIpc) is 2.60. The van der Waals surface area contributed by atoms with Crippen molar-refractivity contribution < 1.29 is 19.0 Å². The van der Waals surface area contributed by atoms with Gasteiger partial charge in [0.25, 0.3) is 5.91 Å². The summed E-state index contributed by atoms with van der Waals surface area (Å²) in [6.45, 7) is 4.04. The summed E-state index contributed by atoms with van der Waals surface area (Å²) in [6, 6.07) is 12.6. The Bertz CT molecular complexity index is 785. The molecule has 25 heavy (non-hydrogen) atoms. The Hall–Kier alpha value is -2.69.